The zero-order chi connectivity index (χ0) is 60.2. The van der Waals surface area contributed by atoms with Crippen LogP contribution in [-0.2, 0) is 57.0 Å². The number of carbonyl (C=O) groups is 3. The number of rotatable bonds is 8. The monoisotopic (exact) mass is 1180 g/mol. The van der Waals surface area contributed by atoms with E-state index in [4.69, 9.17) is 54.2 Å². The molecule has 0 aliphatic carbocycles. The molecule has 0 aromatic carbocycles. The molecule has 0 aromatic rings. The molecule has 2 spiro atoms. The van der Waals surface area contributed by atoms with Crippen LogP contribution in [0.25, 0.3) is 0 Å². The third-order valence-corrected chi connectivity index (χ3v) is 18.2. The summed E-state index contributed by atoms with van der Waals surface area (Å²) in [4.78, 5) is 41.0. The third-order valence-electron chi connectivity index (χ3n) is 18.0. The molecule has 6 saturated heterocycles. The largest absolute Gasteiger partial charge is 0.462 e. The molecular formula is C61H93ClO20. The number of methoxy groups -OCH3 is 1. The highest BCUT2D eigenvalue weighted by Gasteiger charge is 2.58. The van der Waals surface area contributed by atoms with Crippen LogP contribution in [0.1, 0.15) is 151 Å². The quantitative estimate of drug-likeness (QED) is 0.0864. The molecule has 21 heteroatoms. The van der Waals surface area contributed by atoms with Crippen LogP contribution in [0.4, 0.5) is 0 Å². The number of fused-ring (bicyclic) bond motifs is 8. The summed E-state index contributed by atoms with van der Waals surface area (Å²) in [6.07, 6.45) is -8.29. The van der Waals surface area contributed by atoms with Crippen LogP contribution in [0.2, 0.25) is 0 Å². The molecule has 0 radical (unpaired) electrons. The summed E-state index contributed by atoms with van der Waals surface area (Å²) in [5, 5.41) is 94.1. The van der Waals surface area contributed by atoms with Crippen LogP contribution in [0, 0.1) is 23.7 Å². The molecule has 7 aliphatic rings. The maximum Gasteiger partial charge on any atom is 0.308 e. The number of allylic oxidation sites excluding steroid dienone is 3. The van der Waals surface area contributed by atoms with Gasteiger partial charge in [0.1, 0.15) is 30.2 Å². The van der Waals surface area contributed by atoms with Crippen molar-refractivity contribution in [2.75, 3.05) is 7.11 Å². The predicted molar refractivity (Wildman–Crippen MR) is 298 cm³/mol. The van der Waals surface area contributed by atoms with E-state index >= 15 is 0 Å². The number of hydrogen-bond acceptors (Lipinski definition) is 20. The molecule has 10 bridgehead atoms. The number of esters is 2. The Morgan fingerprint density at radius 2 is 1.50 bits per heavy atom. The Hall–Kier alpha value is -3.00. The minimum Gasteiger partial charge on any atom is -0.462 e. The molecule has 8 N–H and O–H groups in total. The summed E-state index contributed by atoms with van der Waals surface area (Å²) in [5.74, 6) is -9.98. The molecule has 0 unspecified atom stereocenters. The van der Waals surface area contributed by atoms with Gasteiger partial charge in [-0.15, -0.1) is 0 Å². The van der Waals surface area contributed by atoms with Gasteiger partial charge in [-0.3, -0.25) is 14.4 Å². The fraction of sp³-hybridized carbons (Fsp3) is 0.787. The molecule has 24 atom stereocenters. The average Bonchev–Trinajstić information content (AvgIpc) is 1.80. The van der Waals surface area contributed by atoms with E-state index in [-0.39, 0.29) is 74.7 Å². The van der Waals surface area contributed by atoms with Gasteiger partial charge in [-0.25, -0.2) is 0 Å². The highest BCUT2D eigenvalue weighted by atomic mass is 35.5. The molecule has 7 rings (SSSR count). The fourth-order valence-electron chi connectivity index (χ4n) is 13.8. The lowest BCUT2D eigenvalue weighted by Gasteiger charge is -2.52. The van der Waals surface area contributed by atoms with E-state index in [1.54, 1.807) is 41.7 Å². The van der Waals surface area contributed by atoms with E-state index in [0.717, 1.165) is 0 Å². The summed E-state index contributed by atoms with van der Waals surface area (Å²) in [6, 6.07) is 0. The number of aliphatic hydroxyl groups excluding tert-OH is 6. The van der Waals surface area contributed by atoms with Crippen LogP contribution < -0.4 is 0 Å². The van der Waals surface area contributed by atoms with Crippen molar-refractivity contribution in [3.8, 4) is 0 Å². The molecule has 82 heavy (non-hydrogen) atoms. The van der Waals surface area contributed by atoms with Crippen LogP contribution >= 0.6 is 11.6 Å². The van der Waals surface area contributed by atoms with Crippen LogP contribution in [0.15, 0.2) is 60.2 Å². The summed E-state index contributed by atoms with van der Waals surface area (Å²) >= 11 is 5.88. The van der Waals surface area contributed by atoms with Crippen molar-refractivity contribution >= 4 is 29.3 Å². The van der Waals surface area contributed by atoms with Gasteiger partial charge in [-0.2, -0.15) is 0 Å². The number of hydrogen-bond donors (Lipinski definition) is 8. The van der Waals surface area contributed by atoms with E-state index in [1.807, 2.05) is 12.2 Å². The van der Waals surface area contributed by atoms with Crippen molar-refractivity contribution in [2.45, 2.75) is 271 Å². The molecular weight excluding hydrogens is 1090 g/mol. The standard InChI is InChI=1S/C61H93ClO20/c1-32(18-40(64)17-16-34(3)62)19-51-54(70)55-38(7)56(76-51)57(71)61(73)30-49(67)36(5)50(82-61)15-13-11-12-14-42-21-41(65)26-59(78-42)28-45(74-10)22-43(79-59)24-48(66)37(6)53(69)35(4)33(2)20-47-27-58(9,72)31-60(81-47)29-46(75-39(8)63)23-44(80-60)25-52(68)77-55/h12,14,16-17,35-38,40-47,49-51,53-57,64-65,67,69-73H,1-3,11,13,15,18-31H2,4-10H3/b14-12+,17-16+/t35-,36-,37-,38-,40-,41+,42+,43+,44-,45+,46+,47+,49+,50-,51-,53+,54-,55-,56-,57+,58+,59-,60-,61-/m1/s1. The maximum absolute atomic E-state index is 14.4. The third kappa shape index (κ3) is 16.9. The molecule has 7 heterocycles. The van der Waals surface area contributed by atoms with Crippen LogP contribution in [0.5, 0.6) is 0 Å². The Morgan fingerprint density at radius 1 is 0.829 bits per heavy atom. The number of halogens is 1. The Balaban J connectivity index is 1.20. The summed E-state index contributed by atoms with van der Waals surface area (Å²) < 4.78 is 57.2. The number of aliphatic hydroxyl groups is 8. The fourth-order valence-corrected chi connectivity index (χ4v) is 13.8. The molecule has 0 saturated carbocycles. The average molecular weight is 1180 g/mol. The Kier molecular flexibility index (Phi) is 22.5. The molecule has 7 aliphatic heterocycles. The Bertz CT molecular complexity index is 2310. The van der Waals surface area contributed by atoms with Crippen LogP contribution in [-0.4, -0.2) is 186 Å². The van der Waals surface area contributed by atoms with Gasteiger partial charge in [0, 0.05) is 107 Å². The second-order valence-electron chi connectivity index (χ2n) is 25.4. The Morgan fingerprint density at radius 3 is 2.20 bits per heavy atom. The topological polar surface area (TPSA) is 296 Å². The van der Waals surface area contributed by atoms with Gasteiger partial charge in [0.2, 0.25) is 0 Å². The van der Waals surface area contributed by atoms with Crippen molar-refractivity contribution in [1.82, 2.24) is 0 Å². The van der Waals surface area contributed by atoms with E-state index < -0.39 is 163 Å². The lowest BCUT2D eigenvalue weighted by atomic mass is 9.78. The minimum absolute atomic E-state index is 0.00389. The van der Waals surface area contributed by atoms with E-state index in [1.165, 1.54) is 19.1 Å². The molecule has 0 aromatic heterocycles. The van der Waals surface area contributed by atoms with Crippen molar-refractivity contribution < 1.29 is 97.9 Å². The van der Waals surface area contributed by atoms with E-state index in [0.29, 0.717) is 49.7 Å². The van der Waals surface area contributed by atoms with Crippen molar-refractivity contribution in [3.63, 3.8) is 0 Å². The van der Waals surface area contributed by atoms with Gasteiger partial charge in [0.05, 0.1) is 85.3 Å². The number of carbonyl (C=O) groups excluding carboxylic acids is 3. The first kappa shape index (κ1) is 66.5. The predicted octanol–water partition coefficient (Wildman–Crippen LogP) is 5.34. The van der Waals surface area contributed by atoms with Gasteiger partial charge in [0.15, 0.2) is 17.4 Å². The second-order valence-corrected chi connectivity index (χ2v) is 25.8. The van der Waals surface area contributed by atoms with Gasteiger partial charge in [0.25, 0.3) is 0 Å². The number of ether oxygens (including phenoxy) is 9. The minimum atomic E-state index is -2.40. The number of ketones is 1. The maximum atomic E-state index is 14.4. The van der Waals surface area contributed by atoms with Crippen molar-refractivity contribution in [3.05, 3.63) is 60.2 Å². The van der Waals surface area contributed by atoms with Crippen molar-refractivity contribution in [1.29, 1.82) is 0 Å². The highest BCUT2D eigenvalue weighted by Crippen LogP contribution is 2.48. The van der Waals surface area contributed by atoms with Gasteiger partial charge < -0.3 is 83.5 Å². The lowest BCUT2D eigenvalue weighted by molar-refractivity contribution is -0.351. The van der Waals surface area contributed by atoms with Gasteiger partial charge >= 0.3 is 11.9 Å². The normalized spacial score (nSPS) is 45.8. The summed E-state index contributed by atoms with van der Waals surface area (Å²) in [6.45, 7) is 21.7. The first-order valence-electron chi connectivity index (χ1n) is 29.4. The zero-order valence-electron chi connectivity index (χ0n) is 48.9. The van der Waals surface area contributed by atoms with E-state index in [9.17, 15) is 55.2 Å². The lowest BCUT2D eigenvalue weighted by Crippen LogP contribution is -2.65. The van der Waals surface area contributed by atoms with Gasteiger partial charge in [-0.05, 0) is 51.5 Å². The smallest absolute Gasteiger partial charge is 0.308 e. The first-order chi connectivity index (χ1) is 38.4. The molecule has 20 nitrogen and oxygen atoms in total. The molecule has 464 valence electrons. The van der Waals surface area contributed by atoms with Crippen LogP contribution in [0.3, 0.4) is 0 Å². The summed E-state index contributed by atoms with van der Waals surface area (Å²) in [5.41, 5.74) is -0.469. The molecule has 0 amide bonds. The number of Topliss-reactive ketones (excluding diaryl/α,β-unsaturated/α-hetero) is 1. The first-order valence-corrected chi connectivity index (χ1v) is 29.8. The second kappa shape index (κ2) is 27.8. The highest BCUT2D eigenvalue weighted by molar-refractivity contribution is 6.30. The van der Waals surface area contributed by atoms with Gasteiger partial charge in [-0.1, -0.05) is 88.4 Å². The Labute approximate surface area is 487 Å². The van der Waals surface area contributed by atoms with Crippen molar-refractivity contribution in [2.24, 2.45) is 23.7 Å². The van der Waals surface area contributed by atoms with E-state index in [2.05, 4.69) is 19.7 Å². The summed E-state index contributed by atoms with van der Waals surface area (Å²) in [7, 11) is 1.58. The SMILES string of the molecule is C=C(Cl)/C=C/[C@@H](O)CC(=C)C[C@H]1O[C@@H]2[C@H](C)[C@@H](OC(=O)C[C@H]3C[C@H](OC(C)=O)C[C@@]4(C[C@@](C)(O)C[C@H](CC(=C)[C@@H](C)[C@H](O)[C@H](C)C(=O)C[C@@H]5C[C@H](OC)C[C@@]6(C[C@@H](O)C[C@H](/C=C/CCC[C@H]7O[C@](O)(C[C@H](O)[C@H]7C)[C@H]2O)O6)O5)O4)O3)[C@@H]1O. The molecule has 6 fully saturated rings. The zero-order valence-corrected chi connectivity index (χ0v) is 49.6.